The van der Waals surface area contributed by atoms with Crippen molar-refractivity contribution in [3.63, 3.8) is 0 Å². The number of hydrogen-bond donors (Lipinski definition) is 0. The summed E-state index contributed by atoms with van der Waals surface area (Å²) in [6.45, 7) is 6.74. The van der Waals surface area contributed by atoms with Gasteiger partial charge in [-0.3, -0.25) is 0 Å². The summed E-state index contributed by atoms with van der Waals surface area (Å²) in [5.74, 6) is -0.275. The number of ether oxygens (including phenoxy) is 2. The lowest BCUT2D eigenvalue weighted by molar-refractivity contribution is -0.208. The molecule has 3 fully saturated rings. The highest BCUT2D eigenvalue weighted by molar-refractivity contribution is 4.97. The molecule has 0 aromatic heterocycles. The van der Waals surface area contributed by atoms with E-state index < -0.39 is 0 Å². The van der Waals surface area contributed by atoms with Gasteiger partial charge in [-0.05, 0) is 109 Å². The van der Waals surface area contributed by atoms with E-state index in [1.165, 1.54) is 167 Å². The standard InChI is InChI=1S/C48H85NO2/c1-4-6-8-10-12-14-16-18-20-22-24-26-28-30-32-34-37-47(39-41-48(42-40-47)50-45-36-43-49(3)44-46(45)51-48)38-35-33-31-29-27-25-23-21-19-17-15-13-11-9-7-5-2/h12-15,18-21,45-46H,4-11,16-17,22-44H2,1-3H3/t45-,46-,47?,48?/m0/s1. The minimum atomic E-state index is -0.275. The highest BCUT2D eigenvalue weighted by atomic mass is 16.8. The Morgan fingerprint density at radius 3 is 1.37 bits per heavy atom. The normalized spacial score (nSPS) is 25.9. The van der Waals surface area contributed by atoms with Gasteiger partial charge in [0.25, 0.3) is 0 Å². The molecule has 3 aliphatic rings. The van der Waals surface area contributed by atoms with Crippen LogP contribution in [0.2, 0.25) is 0 Å². The third-order valence-corrected chi connectivity index (χ3v) is 12.3. The van der Waals surface area contributed by atoms with Crippen molar-refractivity contribution in [1.82, 2.24) is 4.90 Å². The van der Waals surface area contributed by atoms with E-state index in [2.05, 4.69) is 74.4 Å². The summed E-state index contributed by atoms with van der Waals surface area (Å²) in [5.41, 5.74) is 0.521. The van der Waals surface area contributed by atoms with E-state index in [9.17, 15) is 0 Å². The van der Waals surface area contributed by atoms with Crippen molar-refractivity contribution in [1.29, 1.82) is 0 Å². The Labute approximate surface area is 318 Å². The number of hydrogen-bond acceptors (Lipinski definition) is 3. The Balaban J connectivity index is 1.28. The third kappa shape index (κ3) is 19.7. The Bertz CT molecular complexity index is 891. The number of fused-ring (bicyclic) bond motifs is 1. The molecule has 3 nitrogen and oxygen atoms in total. The summed E-state index contributed by atoms with van der Waals surface area (Å²) < 4.78 is 13.5. The Kier molecular flexibility index (Phi) is 24.6. The van der Waals surface area contributed by atoms with Crippen molar-refractivity contribution >= 4 is 0 Å². The Morgan fingerprint density at radius 2 is 0.902 bits per heavy atom. The molecule has 2 aliphatic heterocycles. The number of likely N-dealkylation sites (N-methyl/N-ethyl adjacent to an activating group) is 1. The molecule has 0 unspecified atom stereocenters. The summed E-state index contributed by atoms with van der Waals surface area (Å²) in [6, 6.07) is 0. The van der Waals surface area contributed by atoms with Crippen molar-refractivity contribution in [2.45, 2.75) is 231 Å². The predicted molar refractivity (Wildman–Crippen MR) is 223 cm³/mol. The van der Waals surface area contributed by atoms with Crippen molar-refractivity contribution in [2.24, 2.45) is 5.41 Å². The minimum absolute atomic E-state index is 0.275. The second-order valence-electron chi connectivity index (χ2n) is 16.9. The van der Waals surface area contributed by atoms with E-state index >= 15 is 0 Å². The van der Waals surface area contributed by atoms with Crippen LogP contribution in [0.4, 0.5) is 0 Å². The fourth-order valence-corrected chi connectivity index (χ4v) is 8.88. The molecule has 1 spiro atoms. The molecule has 0 bridgehead atoms. The van der Waals surface area contributed by atoms with Crippen molar-refractivity contribution in [2.75, 3.05) is 20.1 Å². The molecule has 1 aliphatic carbocycles. The van der Waals surface area contributed by atoms with Gasteiger partial charge in [-0.2, -0.15) is 0 Å². The van der Waals surface area contributed by atoms with Crippen molar-refractivity contribution in [3.05, 3.63) is 48.6 Å². The van der Waals surface area contributed by atoms with E-state index in [0.717, 1.165) is 45.2 Å². The average molecular weight is 708 g/mol. The van der Waals surface area contributed by atoms with Crippen LogP contribution < -0.4 is 0 Å². The molecule has 0 amide bonds. The second-order valence-corrected chi connectivity index (χ2v) is 16.9. The summed E-state index contributed by atoms with van der Waals surface area (Å²) in [7, 11) is 2.23. The van der Waals surface area contributed by atoms with Crippen LogP contribution in [0.1, 0.15) is 213 Å². The lowest BCUT2D eigenvalue weighted by Crippen LogP contribution is -2.43. The van der Waals surface area contributed by atoms with Crippen LogP contribution in [-0.4, -0.2) is 43.0 Å². The van der Waals surface area contributed by atoms with Gasteiger partial charge in [0.2, 0.25) is 0 Å². The van der Waals surface area contributed by atoms with Gasteiger partial charge in [-0.15, -0.1) is 0 Å². The van der Waals surface area contributed by atoms with Gasteiger partial charge < -0.3 is 14.4 Å². The number of rotatable bonds is 30. The number of nitrogens with zero attached hydrogens (tertiary/aromatic N) is 1. The molecule has 51 heavy (non-hydrogen) atoms. The third-order valence-electron chi connectivity index (χ3n) is 12.3. The highest BCUT2D eigenvalue weighted by Crippen LogP contribution is 2.52. The molecule has 0 radical (unpaired) electrons. The quantitative estimate of drug-likeness (QED) is 0.0548. The van der Waals surface area contributed by atoms with E-state index in [4.69, 9.17) is 9.47 Å². The van der Waals surface area contributed by atoms with Gasteiger partial charge >= 0.3 is 0 Å². The average Bonchev–Trinajstić information content (AvgIpc) is 3.49. The maximum atomic E-state index is 6.75. The monoisotopic (exact) mass is 708 g/mol. The van der Waals surface area contributed by atoms with Crippen LogP contribution in [0.5, 0.6) is 0 Å². The minimum Gasteiger partial charge on any atom is -0.344 e. The summed E-state index contributed by atoms with van der Waals surface area (Å²) >= 11 is 0. The number of unbranched alkanes of at least 4 members (excludes halogenated alkanes) is 18. The molecule has 2 saturated heterocycles. The van der Waals surface area contributed by atoms with Gasteiger partial charge in [0.15, 0.2) is 5.79 Å². The van der Waals surface area contributed by atoms with Gasteiger partial charge in [-0.25, -0.2) is 0 Å². The van der Waals surface area contributed by atoms with Crippen molar-refractivity contribution in [3.8, 4) is 0 Å². The first-order valence-corrected chi connectivity index (χ1v) is 22.7. The van der Waals surface area contributed by atoms with Crippen LogP contribution in [0.25, 0.3) is 0 Å². The Morgan fingerprint density at radius 1 is 0.490 bits per heavy atom. The second kappa shape index (κ2) is 28.3. The summed E-state index contributed by atoms with van der Waals surface area (Å²) in [6.07, 6.45) is 60.5. The molecule has 3 rings (SSSR count). The molecule has 1 saturated carbocycles. The molecule has 0 aromatic rings. The fraction of sp³-hybridized carbons (Fsp3) is 0.833. The smallest absolute Gasteiger partial charge is 0.169 e. The van der Waals surface area contributed by atoms with Gasteiger partial charge in [-0.1, -0.05) is 152 Å². The Hall–Kier alpha value is -1.16. The van der Waals surface area contributed by atoms with Crippen LogP contribution in [0, 0.1) is 5.41 Å². The fourth-order valence-electron chi connectivity index (χ4n) is 8.88. The molecule has 2 heterocycles. The SMILES string of the molecule is CCCCCC=CCC=CCCCCCCCCC1(CCCCCCCCC=CCC=CCCCCC)CCC2(CC1)O[C@H]1CCN(C)C[C@@H]1O2. The van der Waals surface area contributed by atoms with E-state index in [1.54, 1.807) is 0 Å². The van der Waals surface area contributed by atoms with Crippen molar-refractivity contribution < 1.29 is 9.47 Å². The number of piperidine rings is 1. The van der Waals surface area contributed by atoms with Gasteiger partial charge in [0.05, 0.1) is 12.2 Å². The maximum absolute atomic E-state index is 6.75. The lowest BCUT2D eigenvalue weighted by Gasteiger charge is -2.44. The zero-order valence-corrected chi connectivity index (χ0v) is 34.4. The molecule has 0 N–H and O–H groups in total. The van der Waals surface area contributed by atoms with E-state index in [0.29, 0.717) is 11.5 Å². The number of likely N-dealkylation sites (tertiary alicyclic amines) is 1. The first kappa shape index (κ1) is 44.2. The molecular weight excluding hydrogens is 623 g/mol. The molecule has 0 aromatic carbocycles. The first-order valence-electron chi connectivity index (χ1n) is 22.7. The summed E-state index contributed by atoms with van der Waals surface area (Å²) in [5, 5.41) is 0. The predicted octanol–water partition coefficient (Wildman–Crippen LogP) is 14.8. The maximum Gasteiger partial charge on any atom is 0.169 e. The molecule has 294 valence electrons. The largest absolute Gasteiger partial charge is 0.344 e. The number of allylic oxidation sites excluding steroid dienone is 8. The van der Waals surface area contributed by atoms with E-state index in [-0.39, 0.29) is 11.9 Å². The van der Waals surface area contributed by atoms with Crippen LogP contribution in [0.15, 0.2) is 48.6 Å². The van der Waals surface area contributed by atoms with Gasteiger partial charge in [0, 0.05) is 25.9 Å². The zero-order valence-electron chi connectivity index (χ0n) is 34.4. The molecular formula is C48H85NO2. The molecule has 2 atom stereocenters. The summed E-state index contributed by atoms with van der Waals surface area (Å²) in [4.78, 5) is 2.42. The van der Waals surface area contributed by atoms with Gasteiger partial charge in [0.1, 0.15) is 0 Å². The van der Waals surface area contributed by atoms with Crippen LogP contribution >= 0.6 is 0 Å². The first-order chi connectivity index (χ1) is 25.1. The van der Waals surface area contributed by atoms with Crippen LogP contribution in [-0.2, 0) is 9.47 Å². The highest BCUT2D eigenvalue weighted by Gasteiger charge is 2.52. The van der Waals surface area contributed by atoms with E-state index in [1.807, 2.05) is 0 Å². The zero-order chi connectivity index (χ0) is 36.1. The lowest BCUT2D eigenvalue weighted by atomic mass is 9.66. The topological polar surface area (TPSA) is 21.7 Å². The van der Waals surface area contributed by atoms with Crippen LogP contribution in [0.3, 0.4) is 0 Å². The molecule has 3 heteroatoms.